The van der Waals surface area contributed by atoms with Crippen LogP contribution in [-0.4, -0.2) is 17.3 Å². The number of fused-ring (bicyclic) bond motifs is 4. The Morgan fingerprint density at radius 2 is 1.62 bits per heavy atom. The van der Waals surface area contributed by atoms with Crippen molar-refractivity contribution < 1.29 is 9.53 Å². The molecule has 0 bridgehead atoms. The zero-order valence-electron chi connectivity index (χ0n) is 14.0. The van der Waals surface area contributed by atoms with Gasteiger partial charge in [0.15, 0.2) is 5.60 Å². The number of rotatable bonds is 0. The van der Waals surface area contributed by atoms with Crippen molar-refractivity contribution in [2.24, 2.45) is 10.4 Å². The first-order chi connectivity index (χ1) is 11.4. The second kappa shape index (κ2) is 4.91. The first kappa shape index (κ1) is 14.9. The van der Waals surface area contributed by atoms with Gasteiger partial charge < -0.3 is 4.74 Å². The number of hydrogen-bond acceptors (Lipinski definition) is 3. The van der Waals surface area contributed by atoms with Gasteiger partial charge >= 0.3 is 5.97 Å². The Kier molecular flexibility index (Phi) is 3.04. The number of para-hydroxylation sites is 1. The van der Waals surface area contributed by atoms with Gasteiger partial charge in [0, 0.05) is 11.0 Å². The SMILES string of the molecule is CC(C)(C)C12C=Cc3ccccc3N=C1c1ccccc1C(=O)O2. The Labute approximate surface area is 141 Å². The van der Waals surface area contributed by atoms with Crippen molar-refractivity contribution >= 4 is 23.4 Å². The van der Waals surface area contributed by atoms with E-state index >= 15 is 0 Å². The van der Waals surface area contributed by atoms with Crippen LogP contribution in [0.25, 0.3) is 6.08 Å². The summed E-state index contributed by atoms with van der Waals surface area (Å²) in [6, 6.07) is 15.5. The minimum absolute atomic E-state index is 0.296. The molecule has 0 spiro atoms. The topological polar surface area (TPSA) is 38.7 Å². The van der Waals surface area contributed by atoms with E-state index in [0.29, 0.717) is 5.56 Å². The van der Waals surface area contributed by atoms with Crippen LogP contribution in [0, 0.1) is 5.41 Å². The summed E-state index contributed by atoms with van der Waals surface area (Å²) in [4.78, 5) is 17.6. The number of carbonyl (C=O) groups is 1. The third-order valence-electron chi connectivity index (χ3n) is 4.79. The molecule has 0 saturated heterocycles. The Balaban J connectivity index is 2.09. The van der Waals surface area contributed by atoms with Crippen LogP contribution < -0.4 is 0 Å². The molecule has 2 aliphatic heterocycles. The summed E-state index contributed by atoms with van der Waals surface area (Å²) in [6.45, 7) is 6.22. The van der Waals surface area contributed by atoms with E-state index in [2.05, 4.69) is 20.8 Å². The molecule has 2 aromatic carbocycles. The number of hydrogen-bond donors (Lipinski definition) is 0. The Hall–Kier alpha value is -2.68. The average Bonchev–Trinajstić information content (AvgIpc) is 2.73. The maximum atomic E-state index is 12.7. The van der Waals surface area contributed by atoms with E-state index in [0.717, 1.165) is 22.5 Å². The third-order valence-corrected chi connectivity index (χ3v) is 4.79. The summed E-state index contributed by atoms with van der Waals surface area (Å²) < 4.78 is 6.02. The monoisotopic (exact) mass is 317 g/mol. The third kappa shape index (κ3) is 1.97. The van der Waals surface area contributed by atoms with Gasteiger partial charge in [-0.25, -0.2) is 9.79 Å². The summed E-state index contributed by atoms with van der Waals surface area (Å²) in [5.41, 5.74) is 2.91. The van der Waals surface area contributed by atoms with Gasteiger partial charge in [0.05, 0.1) is 17.0 Å². The van der Waals surface area contributed by atoms with E-state index in [9.17, 15) is 4.79 Å². The van der Waals surface area contributed by atoms with Crippen molar-refractivity contribution in [3.63, 3.8) is 0 Å². The molecule has 3 nitrogen and oxygen atoms in total. The van der Waals surface area contributed by atoms with Crippen LogP contribution in [-0.2, 0) is 4.74 Å². The smallest absolute Gasteiger partial charge is 0.340 e. The first-order valence-corrected chi connectivity index (χ1v) is 8.12. The number of aliphatic imine (C=N–C) groups is 1. The van der Waals surface area contributed by atoms with Crippen LogP contribution in [0.5, 0.6) is 0 Å². The number of ether oxygens (including phenoxy) is 1. The molecule has 1 atom stereocenters. The van der Waals surface area contributed by atoms with Crippen LogP contribution in [0.15, 0.2) is 59.6 Å². The highest BCUT2D eigenvalue weighted by Gasteiger charge is 2.52. The summed E-state index contributed by atoms with van der Waals surface area (Å²) in [5, 5.41) is 0. The van der Waals surface area contributed by atoms with Gasteiger partial charge in [-0.1, -0.05) is 63.2 Å². The van der Waals surface area contributed by atoms with Gasteiger partial charge in [-0.3, -0.25) is 0 Å². The molecule has 0 aliphatic carbocycles. The minimum atomic E-state index is -0.891. The van der Waals surface area contributed by atoms with Crippen molar-refractivity contribution in [2.75, 3.05) is 0 Å². The Morgan fingerprint density at radius 1 is 0.958 bits per heavy atom. The lowest BCUT2D eigenvalue weighted by atomic mass is 9.69. The minimum Gasteiger partial charge on any atom is -0.444 e. The molecule has 0 N–H and O–H groups in total. The fourth-order valence-corrected chi connectivity index (χ4v) is 3.39. The predicted octanol–water partition coefficient (Wildman–Crippen LogP) is 4.79. The highest BCUT2D eigenvalue weighted by Crippen LogP contribution is 2.45. The predicted molar refractivity (Wildman–Crippen MR) is 95.7 cm³/mol. The molecule has 2 heterocycles. The highest BCUT2D eigenvalue weighted by molar-refractivity contribution is 6.19. The van der Waals surface area contributed by atoms with E-state index in [1.165, 1.54) is 0 Å². The van der Waals surface area contributed by atoms with Crippen LogP contribution in [0.4, 0.5) is 5.69 Å². The molecular formula is C21H19NO2. The largest absolute Gasteiger partial charge is 0.444 e. The molecule has 1 unspecified atom stereocenters. The van der Waals surface area contributed by atoms with Gasteiger partial charge in [-0.15, -0.1) is 0 Å². The summed E-state index contributed by atoms with van der Waals surface area (Å²) in [7, 11) is 0. The molecule has 0 saturated carbocycles. The van der Waals surface area contributed by atoms with E-state index in [1.54, 1.807) is 6.07 Å². The van der Waals surface area contributed by atoms with Crippen LogP contribution in [0.2, 0.25) is 0 Å². The quantitative estimate of drug-likeness (QED) is 0.655. The van der Waals surface area contributed by atoms with Gasteiger partial charge in [-0.05, 0) is 23.8 Å². The average molecular weight is 317 g/mol. The van der Waals surface area contributed by atoms with Crippen LogP contribution in [0.1, 0.15) is 42.3 Å². The van der Waals surface area contributed by atoms with E-state index in [4.69, 9.17) is 9.73 Å². The molecule has 0 aromatic heterocycles. The number of benzene rings is 2. The van der Waals surface area contributed by atoms with E-state index in [-0.39, 0.29) is 11.4 Å². The van der Waals surface area contributed by atoms with Crippen molar-refractivity contribution in [1.29, 1.82) is 0 Å². The summed E-state index contributed by atoms with van der Waals surface area (Å²) in [5.74, 6) is -0.296. The molecule has 2 aliphatic rings. The summed E-state index contributed by atoms with van der Waals surface area (Å²) in [6.07, 6.45) is 4.00. The van der Waals surface area contributed by atoms with Crippen molar-refractivity contribution in [3.8, 4) is 0 Å². The van der Waals surface area contributed by atoms with Gasteiger partial charge in [0.1, 0.15) is 0 Å². The second-order valence-corrected chi connectivity index (χ2v) is 7.27. The van der Waals surface area contributed by atoms with Crippen LogP contribution >= 0.6 is 0 Å². The lowest BCUT2D eigenvalue weighted by molar-refractivity contribution is -0.0125. The van der Waals surface area contributed by atoms with Gasteiger partial charge in [-0.2, -0.15) is 0 Å². The van der Waals surface area contributed by atoms with Crippen LogP contribution in [0.3, 0.4) is 0 Å². The fourth-order valence-electron chi connectivity index (χ4n) is 3.39. The number of carbonyl (C=O) groups excluding carboxylic acids is 1. The van der Waals surface area contributed by atoms with E-state index in [1.807, 2.05) is 54.6 Å². The lowest BCUT2D eigenvalue weighted by Crippen LogP contribution is -2.55. The van der Waals surface area contributed by atoms with Crippen molar-refractivity contribution in [2.45, 2.75) is 26.4 Å². The van der Waals surface area contributed by atoms with Crippen molar-refractivity contribution in [3.05, 3.63) is 71.3 Å². The summed E-state index contributed by atoms with van der Waals surface area (Å²) >= 11 is 0. The molecule has 0 fully saturated rings. The normalized spacial score (nSPS) is 21.8. The number of esters is 1. The highest BCUT2D eigenvalue weighted by atomic mass is 16.6. The van der Waals surface area contributed by atoms with Crippen molar-refractivity contribution in [1.82, 2.24) is 0 Å². The maximum absolute atomic E-state index is 12.7. The fraction of sp³-hybridized carbons (Fsp3) is 0.238. The molecule has 2 aromatic rings. The van der Waals surface area contributed by atoms with E-state index < -0.39 is 5.60 Å². The first-order valence-electron chi connectivity index (χ1n) is 8.12. The molecule has 0 radical (unpaired) electrons. The molecule has 3 heteroatoms. The molecular weight excluding hydrogens is 298 g/mol. The Morgan fingerprint density at radius 3 is 2.38 bits per heavy atom. The lowest BCUT2D eigenvalue weighted by Gasteiger charge is -2.45. The van der Waals surface area contributed by atoms with Gasteiger partial charge in [0.25, 0.3) is 0 Å². The standard InChI is InChI=1S/C21H19NO2/c1-20(2,3)21-13-12-14-8-4-7-11-17(14)22-18(21)15-9-5-6-10-16(15)19(23)24-21/h4-13H,1-3H3. The molecule has 0 amide bonds. The zero-order valence-corrected chi connectivity index (χ0v) is 14.0. The molecule has 24 heavy (non-hydrogen) atoms. The number of nitrogens with zero attached hydrogens (tertiary/aromatic N) is 1. The van der Waals surface area contributed by atoms with Gasteiger partial charge in [0.2, 0.25) is 0 Å². The zero-order chi connectivity index (χ0) is 16.9. The maximum Gasteiger partial charge on any atom is 0.340 e. The second-order valence-electron chi connectivity index (χ2n) is 7.27. The Bertz CT molecular complexity index is 902. The molecule has 4 rings (SSSR count). The molecule has 120 valence electrons.